The van der Waals surface area contributed by atoms with Crippen molar-refractivity contribution in [3.8, 4) is 0 Å². The second-order valence-electron chi connectivity index (χ2n) is 3.07. The van der Waals surface area contributed by atoms with Gasteiger partial charge >= 0.3 is 11.9 Å². The molecule has 0 aromatic heterocycles. The molecule has 0 unspecified atom stereocenters. The lowest BCUT2D eigenvalue weighted by molar-refractivity contribution is -0.151. The normalized spacial score (nSPS) is 11.9. The number of esters is 2. The highest BCUT2D eigenvalue weighted by Gasteiger charge is 2.13. The molecule has 1 atom stereocenters. The summed E-state index contributed by atoms with van der Waals surface area (Å²) >= 11 is 1.50. The van der Waals surface area contributed by atoms with Gasteiger partial charge in [-0.2, -0.15) is 0 Å². The van der Waals surface area contributed by atoms with Crippen LogP contribution in [0.25, 0.3) is 0 Å². The fourth-order valence-electron chi connectivity index (χ4n) is 0.846. The van der Waals surface area contributed by atoms with Crippen LogP contribution in [0, 0.1) is 0 Å². The summed E-state index contributed by atoms with van der Waals surface area (Å²) < 4.78 is 9.79. The van der Waals surface area contributed by atoms with Crippen molar-refractivity contribution >= 4 is 23.7 Å². The van der Waals surface area contributed by atoms with E-state index in [9.17, 15) is 9.59 Å². The molecule has 88 valence electrons. The van der Waals surface area contributed by atoms with Crippen LogP contribution in [0.1, 0.15) is 33.6 Å². The third-order valence-corrected chi connectivity index (χ3v) is 2.65. The summed E-state index contributed by atoms with van der Waals surface area (Å²) in [6.07, 6.45) is 2.15. The summed E-state index contributed by atoms with van der Waals surface area (Å²) in [5.41, 5.74) is -0.377. The largest absolute Gasteiger partial charge is 0.461 e. The van der Waals surface area contributed by atoms with E-state index in [0.29, 0.717) is 0 Å². The molecule has 5 heteroatoms. The Kier molecular flexibility index (Phi) is 8.18. The van der Waals surface area contributed by atoms with Crippen molar-refractivity contribution in [1.82, 2.24) is 0 Å². The third kappa shape index (κ3) is 9.59. The molecule has 0 radical (unpaired) electrons. The number of unbranched alkanes of at least 4 members (excludes halogenated alkanes) is 1. The number of ether oxygens (including phenoxy) is 2. The van der Waals surface area contributed by atoms with Crippen molar-refractivity contribution in [2.75, 3.05) is 12.4 Å². The van der Waals surface area contributed by atoms with E-state index in [0.717, 1.165) is 18.6 Å². The molecule has 4 nitrogen and oxygen atoms in total. The molecule has 0 saturated carbocycles. The van der Waals surface area contributed by atoms with Crippen LogP contribution in [-0.4, -0.2) is 29.7 Å². The van der Waals surface area contributed by atoms with Crippen LogP contribution in [0.15, 0.2) is 0 Å². The van der Waals surface area contributed by atoms with Gasteiger partial charge in [-0.15, -0.1) is 11.8 Å². The maximum atomic E-state index is 10.8. The van der Waals surface area contributed by atoms with Crippen molar-refractivity contribution < 1.29 is 19.1 Å². The van der Waals surface area contributed by atoms with Gasteiger partial charge < -0.3 is 9.47 Å². The van der Waals surface area contributed by atoms with Crippen LogP contribution >= 0.6 is 11.8 Å². The zero-order chi connectivity index (χ0) is 11.7. The summed E-state index contributed by atoms with van der Waals surface area (Å²) in [6.45, 7) is 4.90. The molecule has 0 aromatic rings. The molecule has 0 aromatic carbocycles. The maximum Gasteiger partial charge on any atom is 0.303 e. The van der Waals surface area contributed by atoms with Gasteiger partial charge in [0.2, 0.25) is 0 Å². The van der Waals surface area contributed by atoms with E-state index in [4.69, 9.17) is 9.47 Å². The Morgan fingerprint density at radius 2 is 1.93 bits per heavy atom. The Bertz CT molecular complexity index is 206. The lowest BCUT2D eigenvalue weighted by Gasteiger charge is -2.15. The highest BCUT2D eigenvalue weighted by Crippen LogP contribution is 2.15. The fraction of sp³-hybridized carbons (Fsp3) is 0.800. The molecule has 0 aliphatic heterocycles. The van der Waals surface area contributed by atoms with Gasteiger partial charge in [0.05, 0.1) is 0 Å². The molecule has 0 aliphatic carbocycles. The van der Waals surface area contributed by atoms with Gasteiger partial charge in [-0.3, -0.25) is 9.59 Å². The third-order valence-electron chi connectivity index (χ3n) is 1.52. The highest BCUT2D eigenvalue weighted by atomic mass is 32.2. The first kappa shape index (κ1) is 14.3. The average molecular weight is 234 g/mol. The highest BCUT2D eigenvalue weighted by molar-refractivity contribution is 7.99. The number of thioether (sulfide) groups is 1. The molecule has 0 bridgehead atoms. The minimum atomic E-state index is -0.377. The van der Waals surface area contributed by atoms with Crippen LogP contribution < -0.4 is 0 Å². The van der Waals surface area contributed by atoms with Gasteiger partial charge in [-0.1, -0.05) is 13.3 Å². The summed E-state index contributed by atoms with van der Waals surface area (Å²) in [6, 6.07) is 0. The molecule has 0 heterocycles. The summed E-state index contributed by atoms with van der Waals surface area (Å²) in [4.78, 5) is 21.3. The smallest absolute Gasteiger partial charge is 0.303 e. The van der Waals surface area contributed by atoms with E-state index in [1.54, 1.807) is 0 Å². The number of hydrogen-bond acceptors (Lipinski definition) is 5. The number of carbonyl (C=O) groups excluding carboxylic acids is 2. The Hall–Kier alpha value is -0.710. The molecule has 0 amide bonds. The van der Waals surface area contributed by atoms with Crippen molar-refractivity contribution in [3.63, 3.8) is 0 Å². The molecule has 15 heavy (non-hydrogen) atoms. The first-order chi connectivity index (χ1) is 7.06. The van der Waals surface area contributed by atoms with Gasteiger partial charge in [0, 0.05) is 13.8 Å². The van der Waals surface area contributed by atoms with E-state index < -0.39 is 0 Å². The van der Waals surface area contributed by atoms with E-state index in [2.05, 4.69) is 6.92 Å². The summed E-state index contributed by atoms with van der Waals surface area (Å²) in [5, 5.41) is 0. The van der Waals surface area contributed by atoms with Gasteiger partial charge in [-0.05, 0) is 12.2 Å². The first-order valence-electron chi connectivity index (χ1n) is 4.98. The number of hydrogen-bond donors (Lipinski definition) is 0. The standard InChI is InChI=1S/C10H18O4S/c1-4-5-6-15-10(14-9(3)12)7-13-8(2)11/h10H,4-7H2,1-3H3/t10-/m1/s1. The predicted octanol–water partition coefficient (Wildman–Crippen LogP) is 1.97. The van der Waals surface area contributed by atoms with Crippen molar-refractivity contribution in [2.24, 2.45) is 0 Å². The monoisotopic (exact) mass is 234 g/mol. The zero-order valence-electron chi connectivity index (χ0n) is 9.45. The summed E-state index contributed by atoms with van der Waals surface area (Å²) in [5.74, 6) is 0.190. The fourth-order valence-corrected chi connectivity index (χ4v) is 1.93. The molecule has 0 N–H and O–H groups in total. The van der Waals surface area contributed by atoms with Crippen molar-refractivity contribution in [3.05, 3.63) is 0 Å². The maximum absolute atomic E-state index is 10.8. The van der Waals surface area contributed by atoms with Gasteiger partial charge in [0.25, 0.3) is 0 Å². The molecule has 0 spiro atoms. The van der Waals surface area contributed by atoms with E-state index in [1.807, 2.05) is 0 Å². The van der Waals surface area contributed by atoms with Crippen LogP contribution in [0.2, 0.25) is 0 Å². The Morgan fingerprint density at radius 1 is 1.27 bits per heavy atom. The van der Waals surface area contributed by atoms with Crippen LogP contribution in [0.4, 0.5) is 0 Å². The minimum Gasteiger partial charge on any atom is -0.461 e. The molecule has 0 fully saturated rings. The van der Waals surface area contributed by atoms with E-state index in [1.165, 1.54) is 25.6 Å². The van der Waals surface area contributed by atoms with Crippen LogP contribution in [-0.2, 0) is 19.1 Å². The SMILES string of the molecule is CCCCS[C@H](COC(C)=O)OC(C)=O. The zero-order valence-corrected chi connectivity index (χ0v) is 10.3. The summed E-state index contributed by atoms with van der Waals surface area (Å²) in [7, 11) is 0. The molecular weight excluding hydrogens is 216 g/mol. The lowest BCUT2D eigenvalue weighted by Crippen LogP contribution is -2.20. The molecule has 0 rings (SSSR count). The van der Waals surface area contributed by atoms with Gasteiger partial charge in [-0.25, -0.2) is 0 Å². The lowest BCUT2D eigenvalue weighted by atomic mass is 10.4. The van der Waals surface area contributed by atoms with E-state index >= 15 is 0 Å². The molecule has 0 aliphatic rings. The number of rotatable bonds is 7. The average Bonchev–Trinajstić information content (AvgIpc) is 2.13. The Labute approximate surface area is 94.7 Å². The predicted molar refractivity (Wildman–Crippen MR) is 59.6 cm³/mol. The number of carbonyl (C=O) groups is 2. The van der Waals surface area contributed by atoms with Gasteiger partial charge in [0.15, 0.2) is 5.44 Å². The molecule has 0 saturated heterocycles. The second-order valence-corrected chi connectivity index (χ2v) is 4.33. The molecular formula is C10H18O4S. The van der Waals surface area contributed by atoms with Crippen molar-refractivity contribution in [1.29, 1.82) is 0 Å². The van der Waals surface area contributed by atoms with Crippen LogP contribution in [0.3, 0.4) is 0 Å². The first-order valence-corrected chi connectivity index (χ1v) is 6.03. The van der Waals surface area contributed by atoms with Crippen LogP contribution in [0.5, 0.6) is 0 Å². The Balaban J connectivity index is 3.83. The van der Waals surface area contributed by atoms with E-state index in [-0.39, 0.29) is 24.0 Å². The van der Waals surface area contributed by atoms with Crippen molar-refractivity contribution in [2.45, 2.75) is 39.0 Å². The second kappa shape index (κ2) is 8.59. The minimum absolute atomic E-state index is 0.128. The topological polar surface area (TPSA) is 52.6 Å². The quantitative estimate of drug-likeness (QED) is 0.383. The van der Waals surface area contributed by atoms with Gasteiger partial charge in [0.1, 0.15) is 6.61 Å². The Morgan fingerprint density at radius 3 is 2.40 bits per heavy atom.